The number of carboxylic acid groups (broad SMARTS) is 1. The summed E-state index contributed by atoms with van der Waals surface area (Å²) in [5, 5.41) is 18.1. The van der Waals surface area contributed by atoms with Crippen LogP contribution in [0.1, 0.15) is 21.5 Å². The lowest BCUT2D eigenvalue weighted by Gasteiger charge is -2.11. The Labute approximate surface area is 124 Å². The summed E-state index contributed by atoms with van der Waals surface area (Å²) in [6.45, 7) is 1.83. The van der Waals surface area contributed by atoms with Crippen molar-refractivity contribution in [2.24, 2.45) is 0 Å². The number of carboxylic acids is 1. The zero-order valence-electron chi connectivity index (χ0n) is 10.6. The lowest BCUT2D eigenvalue weighted by molar-refractivity contribution is 0.0694. The number of nitriles is 1. The molecule has 0 fully saturated rings. The molecular formula is C15H10BrNO3. The first-order valence-corrected chi connectivity index (χ1v) is 6.52. The zero-order valence-corrected chi connectivity index (χ0v) is 12.1. The fourth-order valence-electron chi connectivity index (χ4n) is 1.66. The summed E-state index contributed by atoms with van der Waals surface area (Å²) in [7, 11) is 0. The Hall–Kier alpha value is -2.32. The Bertz CT molecular complexity index is 720. The largest absolute Gasteiger partial charge is 0.478 e. The van der Waals surface area contributed by atoms with E-state index in [0.29, 0.717) is 15.8 Å². The van der Waals surface area contributed by atoms with Crippen molar-refractivity contribution < 1.29 is 14.6 Å². The van der Waals surface area contributed by atoms with Crippen LogP contribution in [0.5, 0.6) is 11.5 Å². The summed E-state index contributed by atoms with van der Waals surface area (Å²) in [5.74, 6) is -0.378. The van der Waals surface area contributed by atoms with Gasteiger partial charge < -0.3 is 9.84 Å². The molecule has 0 aliphatic carbocycles. The summed E-state index contributed by atoms with van der Waals surface area (Å²) >= 11 is 3.28. The van der Waals surface area contributed by atoms with Gasteiger partial charge in [-0.2, -0.15) is 5.26 Å². The molecule has 0 aromatic heterocycles. The second-order valence-electron chi connectivity index (χ2n) is 4.14. The highest BCUT2D eigenvalue weighted by Crippen LogP contribution is 2.31. The molecule has 2 rings (SSSR count). The van der Waals surface area contributed by atoms with E-state index in [4.69, 9.17) is 15.1 Å². The van der Waals surface area contributed by atoms with Gasteiger partial charge in [-0.3, -0.25) is 0 Å². The normalized spacial score (nSPS) is 9.85. The third-order valence-corrected chi connectivity index (χ3v) is 3.20. The fourth-order valence-corrected chi connectivity index (χ4v) is 2.00. The molecule has 0 saturated heterocycles. The predicted octanol–water partition coefficient (Wildman–Crippen LogP) is 4.12. The first-order chi connectivity index (χ1) is 9.51. The second-order valence-corrected chi connectivity index (χ2v) is 5.06. The van der Waals surface area contributed by atoms with Crippen molar-refractivity contribution in [1.29, 1.82) is 5.26 Å². The maximum atomic E-state index is 11.2. The first kappa shape index (κ1) is 14.1. The average molecular weight is 332 g/mol. The van der Waals surface area contributed by atoms with Crippen LogP contribution in [0.3, 0.4) is 0 Å². The van der Waals surface area contributed by atoms with E-state index < -0.39 is 5.97 Å². The van der Waals surface area contributed by atoms with Crippen LogP contribution in [-0.2, 0) is 0 Å². The molecule has 0 spiro atoms. The molecule has 2 aromatic carbocycles. The van der Waals surface area contributed by atoms with Crippen LogP contribution >= 0.6 is 15.9 Å². The number of hydrogen-bond donors (Lipinski definition) is 1. The van der Waals surface area contributed by atoms with E-state index in [1.165, 1.54) is 6.07 Å². The summed E-state index contributed by atoms with van der Waals surface area (Å²) in [6.07, 6.45) is 0. The molecule has 4 nitrogen and oxygen atoms in total. The number of nitrogens with zero attached hydrogens (tertiary/aromatic N) is 1. The van der Waals surface area contributed by atoms with Crippen LogP contribution in [0.15, 0.2) is 40.9 Å². The molecule has 0 unspecified atom stereocenters. The van der Waals surface area contributed by atoms with Crippen molar-refractivity contribution in [3.8, 4) is 17.6 Å². The molecule has 100 valence electrons. The van der Waals surface area contributed by atoms with Crippen LogP contribution < -0.4 is 4.74 Å². The molecule has 0 bridgehead atoms. The number of rotatable bonds is 3. The Morgan fingerprint density at radius 1 is 1.25 bits per heavy atom. The summed E-state index contributed by atoms with van der Waals surface area (Å²) in [5.41, 5.74) is 1.34. The monoisotopic (exact) mass is 331 g/mol. The number of hydrogen-bond acceptors (Lipinski definition) is 3. The molecule has 20 heavy (non-hydrogen) atoms. The fraction of sp³-hybridized carbons (Fsp3) is 0.0667. The molecule has 0 saturated carbocycles. The van der Waals surface area contributed by atoms with Gasteiger partial charge in [0.05, 0.1) is 11.6 Å². The minimum absolute atomic E-state index is 0.0648. The minimum Gasteiger partial charge on any atom is -0.478 e. The smallest absolute Gasteiger partial charge is 0.339 e. The maximum absolute atomic E-state index is 11.2. The minimum atomic E-state index is -1.07. The van der Waals surface area contributed by atoms with E-state index in [1.807, 2.05) is 13.0 Å². The molecule has 0 heterocycles. The average Bonchev–Trinajstić information content (AvgIpc) is 2.41. The molecule has 2 aromatic rings. The zero-order chi connectivity index (χ0) is 14.7. The van der Waals surface area contributed by atoms with Crippen LogP contribution in [0.4, 0.5) is 0 Å². The van der Waals surface area contributed by atoms with Gasteiger partial charge in [-0.05, 0) is 42.8 Å². The topological polar surface area (TPSA) is 70.3 Å². The molecule has 0 amide bonds. The number of benzene rings is 2. The van der Waals surface area contributed by atoms with Gasteiger partial charge in [0.15, 0.2) is 0 Å². The maximum Gasteiger partial charge on any atom is 0.339 e. The van der Waals surface area contributed by atoms with Crippen LogP contribution in [0, 0.1) is 18.3 Å². The van der Waals surface area contributed by atoms with Gasteiger partial charge in [-0.25, -0.2) is 4.79 Å². The quantitative estimate of drug-likeness (QED) is 0.918. The summed E-state index contributed by atoms with van der Waals surface area (Å²) < 4.78 is 6.38. The second kappa shape index (κ2) is 5.76. The Morgan fingerprint density at radius 2 is 2.00 bits per heavy atom. The predicted molar refractivity (Wildman–Crippen MR) is 77.1 cm³/mol. The van der Waals surface area contributed by atoms with E-state index in [0.717, 1.165) is 5.56 Å². The van der Waals surface area contributed by atoms with Gasteiger partial charge >= 0.3 is 5.97 Å². The van der Waals surface area contributed by atoms with Crippen molar-refractivity contribution in [3.63, 3.8) is 0 Å². The number of halogens is 1. The molecular weight excluding hydrogens is 322 g/mol. The van der Waals surface area contributed by atoms with E-state index in [9.17, 15) is 4.79 Å². The highest BCUT2D eigenvalue weighted by molar-refractivity contribution is 9.10. The van der Waals surface area contributed by atoms with Gasteiger partial charge in [0.1, 0.15) is 17.1 Å². The van der Waals surface area contributed by atoms with Gasteiger partial charge in [0.25, 0.3) is 0 Å². The Kier molecular flexibility index (Phi) is 4.06. The van der Waals surface area contributed by atoms with E-state index >= 15 is 0 Å². The molecule has 0 radical (unpaired) electrons. The van der Waals surface area contributed by atoms with E-state index in [1.54, 1.807) is 30.3 Å². The van der Waals surface area contributed by atoms with Crippen LogP contribution in [0.25, 0.3) is 0 Å². The Balaban J connectivity index is 2.47. The van der Waals surface area contributed by atoms with Crippen molar-refractivity contribution in [1.82, 2.24) is 0 Å². The molecule has 0 aliphatic rings. The number of aryl methyl sites for hydroxylation is 1. The first-order valence-electron chi connectivity index (χ1n) is 5.72. The number of carbonyl (C=O) groups is 1. The number of ether oxygens (including phenoxy) is 1. The van der Waals surface area contributed by atoms with Gasteiger partial charge in [0, 0.05) is 4.47 Å². The molecule has 5 heteroatoms. The van der Waals surface area contributed by atoms with Gasteiger partial charge in [-0.15, -0.1) is 0 Å². The van der Waals surface area contributed by atoms with E-state index in [-0.39, 0.29) is 11.3 Å². The lowest BCUT2D eigenvalue weighted by atomic mass is 10.1. The molecule has 1 N–H and O–H groups in total. The number of aromatic carboxylic acids is 1. The van der Waals surface area contributed by atoms with Crippen molar-refractivity contribution in [3.05, 3.63) is 57.6 Å². The SMILES string of the molecule is Cc1ccc(C#N)cc1Oc1cc(Br)ccc1C(=O)O. The van der Waals surface area contributed by atoms with Crippen molar-refractivity contribution in [2.45, 2.75) is 6.92 Å². The van der Waals surface area contributed by atoms with Crippen molar-refractivity contribution in [2.75, 3.05) is 0 Å². The third kappa shape index (κ3) is 2.98. The van der Waals surface area contributed by atoms with E-state index in [2.05, 4.69) is 15.9 Å². The highest BCUT2D eigenvalue weighted by atomic mass is 79.9. The molecule has 0 aliphatic heterocycles. The van der Waals surface area contributed by atoms with Gasteiger partial charge in [0.2, 0.25) is 0 Å². The Morgan fingerprint density at radius 3 is 2.65 bits per heavy atom. The third-order valence-electron chi connectivity index (χ3n) is 2.71. The highest BCUT2D eigenvalue weighted by Gasteiger charge is 2.13. The van der Waals surface area contributed by atoms with Crippen molar-refractivity contribution >= 4 is 21.9 Å². The van der Waals surface area contributed by atoms with Gasteiger partial charge in [-0.1, -0.05) is 22.0 Å². The lowest BCUT2D eigenvalue weighted by Crippen LogP contribution is -2.00. The standard InChI is InChI=1S/C15H10BrNO3/c1-9-2-3-10(8-17)6-13(9)20-14-7-11(16)4-5-12(14)15(18)19/h2-7H,1H3,(H,18,19). The summed E-state index contributed by atoms with van der Waals surface area (Å²) in [6, 6.07) is 11.7. The summed E-state index contributed by atoms with van der Waals surface area (Å²) in [4.78, 5) is 11.2. The van der Waals surface area contributed by atoms with Crippen LogP contribution in [0.2, 0.25) is 0 Å². The van der Waals surface area contributed by atoms with Crippen LogP contribution in [-0.4, -0.2) is 11.1 Å². The molecule has 0 atom stereocenters.